The van der Waals surface area contributed by atoms with Crippen molar-refractivity contribution in [2.45, 2.75) is 52.6 Å². The molecule has 0 saturated carbocycles. The Morgan fingerprint density at radius 1 is 1.25 bits per heavy atom. The van der Waals surface area contributed by atoms with Gasteiger partial charge in [-0.15, -0.1) is 24.0 Å². The highest BCUT2D eigenvalue weighted by Crippen LogP contribution is 2.17. The summed E-state index contributed by atoms with van der Waals surface area (Å²) in [5.74, 6) is 2.40. The van der Waals surface area contributed by atoms with E-state index in [2.05, 4.69) is 36.3 Å². The Bertz CT molecular complexity index is 359. The lowest BCUT2D eigenvalue weighted by molar-refractivity contribution is 0.113. The summed E-state index contributed by atoms with van der Waals surface area (Å²) in [7, 11) is 0. The topological polar surface area (TPSA) is 48.9 Å². The number of likely N-dealkylation sites (tertiary alicyclic amines) is 1. The summed E-state index contributed by atoms with van der Waals surface area (Å²) in [6.07, 6.45) is 5.33. The van der Waals surface area contributed by atoms with Crippen LogP contribution in [-0.2, 0) is 4.74 Å². The van der Waals surface area contributed by atoms with Crippen LogP contribution in [0.25, 0.3) is 0 Å². The van der Waals surface area contributed by atoms with E-state index in [1.165, 1.54) is 45.3 Å². The van der Waals surface area contributed by atoms with Gasteiger partial charge in [0, 0.05) is 39.3 Å². The second kappa shape index (κ2) is 12.3. The molecule has 0 spiro atoms. The zero-order valence-corrected chi connectivity index (χ0v) is 18.1. The summed E-state index contributed by atoms with van der Waals surface area (Å²) in [5.41, 5.74) is 0. The Kier molecular flexibility index (Phi) is 11.3. The number of nitrogens with zero attached hydrogens (tertiary/aromatic N) is 2. The van der Waals surface area contributed by atoms with Crippen molar-refractivity contribution in [2.24, 2.45) is 16.8 Å². The van der Waals surface area contributed by atoms with Gasteiger partial charge in [-0.1, -0.05) is 13.8 Å². The van der Waals surface area contributed by atoms with Gasteiger partial charge >= 0.3 is 0 Å². The first kappa shape index (κ1) is 22.0. The van der Waals surface area contributed by atoms with Crippen LogP contribution in [0.5, 0.6) is 0 Å². The van der Waals surface area contributed by atoms with Crippen LogP contribution in [0.4, 0.5) is 0 Å². The van der Waals surface area contributed by atoms with Crippen molar-refractivity contribution >= 4 is 29.9 Å². The van der Waals surface area contributed by atoms with Crippen molar-refractivity contribution in [2.75, 3.05) is 45.9 Å². The Morgan fingerprint density at radius 3 is 2.75 bits per heavy atom. The zero-order valence-electron chi connectivity index (χ0n) is 15.7. The molecule has 2 fully saturated rings. The predicted molar refractivity (Wildman–Crippen MR) is 112 cm³/mol. The van der Waals surface area contributed by atoms with Crippen molar-refractivity contribution in [3.63, 3.8) is 0 Å². The van der Waals surface area contributed by atoms with Crippen molar-refractivity contribution in [1.29, 1.82) is 0 Å². The molecule has 0 aromatic carbocycles. The van der Waals surface area contributed by atoms with Crippen LogP contribution in [-0.4, -0.2) is 62.8 Å². The van der Waals surface area contributed by atoms with Gasteiger partial charge in [0.1, 0.15) is 0 Å². The molecule has 6 heteroatoms. The van der Waals surface area contributed by atoms with Crippen molar-refractivity contribution in [1.82, 2.24) is 15.5 Å². The quantitative estimate of drug-likeness (QED) is 0.354. The normalized spacial score (nSPS) is 25.6. The first-order valence-electron chi connectivity index (χ1n) is 9.53. The van der Waals surface area contributed by atoms with Crippen LogP contribution in [0, 0.1) is 11.8 Å². The molecule has 5 nitrogen and oxygen atoms in total. The molecule has 2 N–H and O–H groups in total. The summed E-state index contributed by atoms with van der Waals surface area (Å²) in [5, 5.41) is 6.81. The average molecular weight is 452 g/mol. The maximum absolute atomic E-state index is 5.67. The highest BCUT2D eigenvalue weighted by molar-refractivity contribution is 14.0. The molecule has 2 aliphatic rings. The van der Waals surface area contributed by atoms with Gasteiger partial charge in [0.2, 0.25) is 0 Å². The molecule has 2 saturated heterocycles. The van der Waals surface area contributed by atoms with Gasteiger partial charge in [0.15, 0.2) is 5.96 Å². The van der Waals surface area contributed by atoms with Gasteiger partial charge in [-0.25, -0.2) is 0 Å². The summed E-state index contributed by atoms with van der Waals surface area (Å²) >= 11 is 0. The number of guanidine groups is 1. The smallest absolute Gasteiger partial charge is 0.191 e. The third-order valence-electron chi connectivity index (χ3n) is 4.60. The largest absolute Gasteiger partial charge is 0.376 e. The van der Waals surface area contributed by atoms with Gasteiger partial charge in [-0.05, 0) is 51.0 Å². The third kappa shape index (κ3) is 8.34. The van der Waals surface area contributed by atoms with E-state index in [0.29, 0.717) is 12.0 Å². The Balaban J connectivity index is 0.00000288. The second-order valence-electron chi connectivity index (χ2n) is 7.40. The summed E-state index contributed by atoms with van der Waals surface area (Å²) in [4.78, 5) is 7.44. The van der Waals surface area contributed by atoms with E-state index in [4.69, 9.17) is 9.73 Å². The molecule has 142 valence electrons. The van der Waals surface area contributed by atoms with Crippen LogP contribution < -0.4 is 10.6 Å². The molecule has 0 radical (unpaired) electrons. The van der Waals surface area contributed by atoms with E-state index in [1.807, 2.05) is 0 Å². The maximum Gasteiger partial charge on any atom is 0.191 e. The average Bonchev–Trinajstić information content (AvgIpc) is 3.03. The monoisotopic (exact) mass is 452 g/mol. The first-order chi connectivity index (χ1) is 11.2. The van der Waals surface area contributed by atoms with Gasteiger partial charge in [-0.3, -0.25) is 4.99 Å². The fourth-order valence-electron chi connectivity index (χ4n) is 3.56. The number of hydrogen-bond acceptors (Lipinski definition) is 3. The fraction of sp³-hybridized carbons (Fsp3) is 0.944. The number of hydrogen-bond donors (Lipinski definition) is 2. The molecular weight excluding hydrogens is 415 g/mol. The Labute approximate surface area is 165 Å². The van der Waals surface area contributed by atoms with Crippen LogP contribution in [0.2, 0.25) is 0 Å². The molecule has 0 aromatic heterocycles. The molecule has 0 amide bonds. The van der Waals surface area contributed by atoms with Gasteiger partial charge < -0.3 is 20.3 Å². The standard InChI is InChI=1S/C18H36N4O.HI/c1-4-19-18(21-12-17-8-6-10-23-17)20-11-16-7-5-9-22(14-16)13-15(2)3;/h15-17H,4-14H2,1-3H3,(H2,19,20,21);1H. The first-order valence-corrected chi connectivity index (χ1v) is 9.53. The number of piperidine rings is 1. The lowest BCUT2D eigenvalue weighted by atomic mass is 9.97. The molecule has 2 rings (SSSR count). The van der Waals surface area contributed by atoms with Crippen molar-refractivity contribution in [3.8, 4) is 0 Å². The lowest BCUT2D eigenvalue weighted by Gasteiger charge is -2.33. The lowest BCUT2D eigenvalue weighted by Crippen LogP contribution is -2.42. The maximum atomic E-state index is 5.67. The highest BCUT2D eigenvalue weighted by Gasteiger charge is 2.20. The minimum Gasteiger partial charge on any atom is -0.376 e. The zero-order chi connectivity index (χ0) is 16.5. The summed E-state index contributed by atoms with van der Waals surface area (Å²) < 4.78 is 5.67. The van der Waals surface area contributed by atoms with Crippen LogP contribution >= 0.6 is 24.0 Å². The molecule has 0 aromatic rings. The molecule has 24 heavy (non-hydrogen) atoms. The Hall–Kier alpha value is -0.0800. The van der Waals surface area contributed by atoms with Gasteiger partial charge in [0.25, 0.3) is 0 Å². The van der Waals surface area contributed by atoms with Crippen LogP contribution in [0.15, 0.2) is 4.99 Å². The predicted octanol–water partition coefficient (Wildman–Crippen LogP) is 2.71. The van der Waals surface area contributed by atoms with E-state index in [0.717, 1.165) is 38.1 Å². The molecule has 2 heterocycles. The molecule has 2 unspecified atom stereocenters. The third-order valence-corrected chi connectivity index (χ3v) is 4.60. The summed E-state index contributed by atoms with van der Waals surface area (Å²) in [6.45, 7) is 14.0. The fourth-order valence-corrected chi connectivity index (χ4v) is 3.56. The minimum atomic E-state index is 0. The molecule has 2 atom stereocenters. The van der Waals surface area contributed by atoms with Crippen LogP contribution in [0.3, 0.4) is 0 Å². The highest BCUT2D eigenvalue weighted by atomic mass is 127. The number of rotatable bonds is 7. The Morgan fingerprint density at radius 2 is 2.08 bits per heavy atom. The minimum absolute atomic E-state index is 0. The van der Waals surface area contributed by atoms with E-state index < -0.39 is 0 Å². The van der Waals surface area contributed by atoms with Crippen LogP contribution in [0.1, 0.15) is 46.5 Å². The van der Waals surface area contributed by atoms with Gasteiger partial charge in [0.05, 0.1) is 6.10 Å². The number of aliphatic imine (C=N–C) groups is 1. The van der Waals surface area contributed by atoms with Crippen molar-refractivity contribution < 1.29 is 4.74 Å². The molecule has 2 aliphatic heterocycles. The SMILES string of the molecule is CCNC(=NCC1CCCN(CC(C)C)C1)NCC1CCCO1.I. The van der Waals surface area contributed by atoms with Crippen molar-refractivity contribution in [3.05, 3.63) is 0 Å². The summed E-state index contributed by atoms with van der Waals surface area (Å²) in [6, 6.07) is 0. The van der Waals surface area contributed by atoms with E-state index in [9.17, 15) is 0 Å². The molecular formula is C18H37IN4O. The number of halogens is 1. The second-order valence-corrected chi connectivity index (χ2v) is 7.40. The number of ether oxygens (including phenoxy) is 1. The number of nitrogens with one attached hydrogen (secondary N) is 2. The molecule has 0 bridgehead atoms. The van der Waals surface area contributed by atoms with E-state index >= 15 is 0 Å². The van der Waals surface area contributed by atoms with E-state index in [1.54, 1.807) is 0 Å². The van der Waals surface area contributed by atoms with Gasteiger partial charge in [-0.2, -0.15) is 0 Å². The molecule has 0 aliphatic carbocycles. The van der Waals surface area contributed by atoms with E-state index in [-0.39, 0.29) is 24.0 Å².